The maximum atomic E-state index is 11.3. The van der Waals surface area contributed by atoms with E-state index in [1.807, 2.05) is 0 Å². The van der Waals surface area contributed by atoms with Gasteiger partial charge >= 0.3 is 0 Å². The van der Waals surface area contributed by atoms with E-state index in [1.54, 1.807) is 0 Å². The van der Waals surface area contributed by atoms with E-state index < -0.39 is 10.7 Å². The van der Waals surface area contributed by atoms with Crippen molar-refractivity contribution in [2.45, 2.75) is 0 Å². The number of Topliss-reactive ketones (excluding diaryl/α,β-unsaturated/α-hetero) is 1. The second-order valence-corrected chi connectivity index (χ2v) is 3.42. The molecule has 0 saturated heterocycles. The van der Waals surface area contributed by atoms with Crippen molar-refractivity contribution in [3.05, 3.63) is 38.9 Å². The Bertz CT molecular complexity index is 394. The van der Waals surface area contributed by atoms with Gasteiger partial charge in [-0.2, -0.15) is 0 Å². The van der Waals surface area contributed by atoms with Crippen molar-refractivity contribution in [2.24, 2.45) is 0 Å². The zero-order valence-electron chi connectivity index (χ0n) is 6.87. The predicted molar refractivity (Wildman–Crippen MR) is 56.2 cm³/mol. The van der Waals surface area contributed by atoms with E-state index in [9.17, 15) is 14.9 Å². The number of rotatable bonds is 3. The minimum Gasteiger partial charge on any atom is -0.293 e. The molecule has 0 aliphatic carbocycles. The average molecular weight is 278 g/mol. The number of ketones is 1. The predicted octanol–water partition coefficient (Wildman–Crippen LogP) is 2.83. The summed E-state index contributed by atoms with van der Waals surface area (Å²) in [7, 11) is 0. The number of nitro groups is 1. The van der Waals surface area contributed by atoms with Crippen LogP contribution in [-0.2, 0) is 0 Å². The molecule has 0 bridgehead atoms. The van der Waals surface area contributed by atoms with Gasteiger partial charge in [-0.25, -0.2) is 0 Å². The fourth-order valence-electron chi connectivity index (χ4n) is 1.01. The van der Waals surface area contributed by atoms with Crippen LogP contribution in [0.1, 0.15) is 10.4 Å². The second-order valence-electron chi connectivity index (χ2n) is 2.45. The third-order valence-electron chi connectivity index (χ3n) is 1.59. The van der Waals surface area contributed by atoms with E-state index in [4.69, 9.17) is 11.6 Å². The monoisotopic (exact) mass is 277 g/mol. The van der Waals surface area contributed by atoms with Crippen LogP contribution in [0, 0.1) is 10.1 Å². The average Bonchev–Trinajstić information content (AvgIpc) is 2.16. The van der Waals surface area contributed by atoms with Crippen molar-refractivity contribution in [2.75, 3.05) is 5.33 Å². The lowest BCUT2D eigenvalue weighted by Crippen LogP contribution is -2.05. The zero-order valence-corrected chi connectivity index (χ0v) is 9.21. The molecule has 0 heterocycles. The number of nitrogens with zero attached hydrogens (tertiary/aromatic N) is 1. The molecule has 1 aromatic rings. The lowest BCUT2D eigenvalue weighted by Gasteiger charge is -2.01. The molecule has 6 heteroatoms. The Morgan fingerprint density at radius 2 is 2.21 bits per heavy atom. The second kappa shape index (κ2) is 4.52. The van der Waals surface area contributed by atoms with Crippen LogP contribution in [0.25, 0.3) is 0 Å². The molecule has 0 amide bonds. The molecule has 0 radical (unpaired) electrons. The highest BCUT2D eigenvalue weighted by Crippen LogP contribution is 2.26. The quantitative estimate of drug-likeness (QED) is 0.370. The molecule has 1 aromatic carbocycles. The van der Waals surface area contributed by atoms with Crippen LogP contribution in [0.15, 0.2) is 18.2 Å². The summed E-state index contributed by atoms with van der Waals surface area (Å²) < 4.78 is 0. The first-order valence-corrected chi connectivity index (χ1v) is 5.10. The summed E-state index contributed by atoms with van der Waals surface area (Å²) in [6.07, 6.45) is 0. The number of hydrogen-bond donors (Lipinski definition) is 0. The van der Waals surface area contributed by atoms with Gasteiger partial charge in [0.05, 0.1) is 15.3 Å². The molecule has 0 fully saturated rings. The van der Waals surface area contributed by atoms with Gasteiger partial charge in [-0.05, 0) is 6.07 Å². The van der Waals surface area contributed by atoms with E-state index in [1.165, 1.54) is 18.2 Å². The molecule has 0 unspecified atom stereocenters. The van der Waals surface area contributed by atoms with Gasteiger partial charge in [-0.3, -0.25) is 14.9 Å². The van der Waals surface area contributed by atoms with Crippen LogP contribution in [0.5, 0.6) is 0 Å². The molecule has 74 valence electrons. The van der Waals surface area contributed by atoms with Crippen LogP contribution in [0.4, 0.5) is 5.69 Å². The van der Waals surface area contributed by atoms with Gasteiger partial charge in [0, 0.05) is 6.07 Å². The Kier molecular flexibility index (Phi) is 3.60. The van der Waals surface area contributed by atoms with Crippen molar-refractivity contribution in [3.63, 3.8) is 0 Å². The molecule has 1 rings (SSSR count). The topological polar surface area (TPSA) is 60.2 Å². The Labute approximate surface area is 93.1 Å². The number of carbonyl (C=O) groups is 1. The Morgan fingerprint density at radius 3 is 2.71 bits per heavy atom. The lowest BCUT2D eigenvalue weighted by atomic mass is 10.1. The summed E-state index contributed by atoms with van der Waals surface area (Å²) in [6.45, 7) is 0. The lowest BCUT2D eigenvalue weighted by molar-refractivity contribution is -0.385. The highest BCUT2D eigenvalue weighted by Gasteiger charge is 2.21. The molecular formula is C8H5BrClNO3. The molecule has 4 nitrogen and oxygen atoms in total. The maximum Gasteiger partial charge on any atom is 0.281 e. The molecule has 0 saturated carbocycles. The normalized spacial score (nSPS) is 9.86. The largest absolute Gasteiger partial charge is 0.293 e. The number of alkyl halides is 1. The highest BCUT2D eigenvalue weighted by atomic mass is 79.9. The highest BCUT2D eigenvalue weighted by molar-refractivity contribution is 9.09. The first kappa shape index (κ1) is 11.1. The smallest absolute Gasteiger partial charge is 0.281 e. The number of benzene rings is 1. The molecule has 0 atom stereocenters. The molecule has 0 spiro atoms. The van der Waals surface area contributed by atoms with E-state index in [2.05, 4.69) is 15.9 Å². The van der Waals surface area contributed by atoms with Crippen molar-refractivity contribution in [3.8, 4) is 0 Å². The van der Waals surface area contributed by atoms with Gasteiger partial charge in [0.1, 0.15) is 5.56 Å². The number of carbonyl (C=O) groups excluding carboxylic acids is 1. The van der Waals surface area contributed by atoms with Crippen LogP contribution < -0.4 is 0 Å². The van der Waals surface area contributed by atoms with Crippen LogP contribution in [0.3, 0.4) is 0 Å². The van der Waals surface area contributed by atoms with Crippen molar-refractivity contribution in [1.29, 1.82) is 0 Å². The van der Waals surface area contributed by atoms with E-state index >= 15 is 0 Å². The van der Waals surface area contributed by atoms with Gasteiger partial charge in [0.15, 0.2) is 5.78 Å². The molecule has 0 N–H and O–H groups in total. The standard InChI is InChI=1S/C8H5BrClNO3/c9-4-7(12)8-5(10)2-1-3-6(8)11(13)14/h1-3H,4H2. The summed E-state index contributed by atoms with van der Waals surface area (Å²) in [4.78, 5) is 21.3. The first-order chi connectivity index (χ1) is 6.57. The molecule has 0 aromatic heterocycles. The van der Waals surface area contributed by atoms with Crippen LogP contribution in [-0.4, -0.2) is 16.0 Å². The van der Waals surface area contributed by atoms with Gasteiger partial charge < -0.3 is 0 Å². The van der Waals surface area contributed by atoms with E-state index in [0.29, 0.717) is 0 Å². The minimum atomic E-state index is -0.623. The summed E-state index contributed by atoms with van der Waals surface area (Å²) in [5.41, 5.74) is -0.307. The first-order valence-electron chi connectivity index (χ1n) is 3.60. The van der Waals surface area contributed by atoms with Gasteiger partial charge in [0.25, 0.3) is 5.69 Å². The van der Waals surface area contributed by atoms with Gasteiger partial charge in [-0.15, -0.1) is 0 Å². The van der Waals surface area contributed by atoms with E-state index in [0.717, 1.165) is 0 Å². The summed E-state index contributed by atoms with van der Waals surface area (Å²) >= 11 is 8.64. The van der Waals surface area contributed by atoms with Crippen LogP contribution >= 0.6 is 27.5 Å². The van der Waals surface area contributed by atoms with Crippen molar-refractivity contribution in [1.82, 2.24) is 0 Å². The number of hydrogen-bond acceptors (Lipinski definition) is 3. The van der Waals surface area contributed by atoms with Gasteiger partial charge in [0.2, 0.25) is 0 Å². The van der Waals surface area contributed by atoms with Crippen molar-refractivity contribution >= 4 is 39.0 Å². The fraction of sp³-hybridized carbons (Fsp3) is 0.125. The Balaban J connectivity index is 3.36. The van der Waals surface area contributed by atoms with Crippen molar-refractivity contribution < 1.29 is 9.72 Å². The third kappa shape index (κ3) is 2.10. The molecular weight excluding hydrogens is 273 g/mol. The summed E-state index contributed by atoms with van der Waals surface area (Å²) in [5, 5.41) is 10.7. The Hall–Kier alpha value is -0.940. The number of nitro benzene ring substituents is 1. The summed E-state index contributed by atoms with van der Waals surface area (Å²) in [5.74, 6) is -0.401. The minimum absolute atomic E-state index is 0.0115. The molecule has 14 heavy (non-hydrogen) atoms. The molecule has 0 aliphatic heterocycles. The third-order valence-corrected chi connectivity index (χ3v) is 2.41. The zero-order chi connectivity index (χ0) is 10.7. The molecule has 0 aliphatic rings. The van der Waals surface area contributed by atoms with E-state index in [-0.39, 0.29) is 21.6 Å². The van der Waals surface area contributed by atoms with Crippen LogP contribution in [0.2, 0.25) is 5.02 Å². The SMILES string of the molecule is O=C(CBr)c1c(Cl)cccc1[N+](=O)[O-]. The maximum absolute atomic E-state index is 11.3. The summed E-state index contributed by atoms with van der Waals surface area (Å²) in [6, 6.07) is 4.14. The number of halogens is 2. The fourth-order valence-corrected chi connectivity index (χ4v) is 1.56. The van der Waals surface area contributed by atoms with Gasteiger partial charge in [-0.1, -0.05) is 33.6 Å². The Morgan fingerprint density at radius 1 is 1.57 bits per heavy atom.